The average molecular weight is 237 g/mol. The van der Waals surface area contributed by atoms with Crippen LogP contribution in [-0.4, -0.2) is 27.6 Å². The molecule has 0 unspecified atom stereocenters. The molecule has 1 rings (SSSR count). The van der Waals surface area contributed by atoms with E-state index in [4.69, 9.17) is 5.73 Å². The van der Waals surface area contributed by atoms with E-state index in [9.17, 15) is 0 Å². The summed E-state index contributed by atoms with van der Waals surface area (Å²) in [6.07, 6.45) is 1.54. The maximum absolute atomic E-state index is 5.67. The summed E-state index contributed by atoms with van der Waals surface area (Å²) in [6.45, 7) is 10.9. The SMILES string of the molecule is CC(C)(C)Nc1cc(NC(C)(C)CN)ncn1. The van der Waals surface area contributed by atoms with Crippen molar-refractivity contribution >= 4 is 11.6 Å². The molecule has 0 aliphatic heterocycles. The molecule has 1 aromatic rings. The maximum Gasteiger partial charge on any atom is 0.131 e. The first-order valence-corrected chi connectivity index (χ1v) is 5.80. The van der Waals surface area contributed by atoms with E-state index in [0.717, 1.165) is 11.6 Å². The van der Waals surface area contributed by atoms with E-state index >= 15 is 0 Å². The predicted molar refractivity (Wildman–Crippen MR) is 72.2 cm³/mol. The van der Waals surface area contributed by atoms with Crippen molar-refractivity contribution < 1.29 is 0 Å². The van der Waals surface area contributed by atoms with Crippen LogP contribution in [0.25, 0.3) is 0 Å². The summed E-state index contributed by atoms with van der Waals surface area (Å²) in [5.41, 5.74) is 5.48. The van der Waals surface area contributed by atoms with E-state index in [0.29, 0.717) is 6.54 Å². The van der Waals surface area contributed by atoms with Crippen LogP contribution < -0.4 is 16.4 Å². The van der Waals surface area contributed by atoms with E-state index in [1.165, 1.54) is 0 Å². The number of rotatable bonds is 4. The van der Waals surface area contributed by atoms with Gasteiger partial charge in [-0.05, 0) is 34.6 Å². The summed E-state index contributed by atoms with van der Waals surface area (Å²) in [6, 6.07) is 1.89. The predicted octanol–water partition coefficient (Wildman–Crippen LogP) is 1.84. The summed E-state index contributed by atoms with van der Waals surface area (Å²) in [5, 5.41) is 6.58. The van der Waals surface area contributed by atoms with Crippen molar-refractivity contribution in [3.8, 4) is 0 Å². The number of nitrogens with zero attached hydrogens (tertiary/aromatic N) is 2. The van der Waals surface area contributed by atoms with Gasteiger partial charge < -0.3 is 16.4 Å². The first kappa shape index (κ1) is 13.7. The molecule has 0 aliphatic rings. The molecule has 96 valence electrons. The van der Waals surface area contributed by atoms with Crippen molar-refractivity contribution in [2.45, 2.75) is 45.7 Å². The Morgan fingerprint density at radius 1 is 1.06 bits per heavy atom. The Bertz CT molecular complexity index is 367. The number of anilines is 2. The fourth-order valence-corrected chi connectivity index (χ4v) is 1.28. The number of nitrogens with two attached hydrogens (primary N) is 1. The maximum atomic E-state index is 5.67. The molecule has 0 radical (unpaired) electrons. The van der Waals surface area contributed by atoms with Crippen molar-refractivity contribution in [1.82, 2.24) is 9.97 Å². The molecule has 5 heteroatoms. The number of nitrogens with one attached hydrogen (secondary N) is 2. The van der Waals surface area contributed by atoms with Crippen LogP contribution in [0.1, 0.15) is 34.6 Å². The van der Waals surface area contributed by atoms with Gasteiger partial charge in [0, 0.05) is 23.7 Å². The normalized spacial score (nSPS) is 12.4. The van der Waals surface area contributed by atoms with Crippen LogP contribution in [0.3, 0.4) is 0 Å². The summed E-state index contributed by atoms with van der Waals surface area (Å²) >= 11 is 0. The third-order valence-corrected chi connectivity index (χ3v) is 2.15. The molecule has 0 atom stereocenters. The second-order valence-electron chi connectivity index (χ2n) is 5.88. The lowest BCUT2D eigenvalue weighted by Crippen LogP contribution is -2.39. The molecule has 0 fully saturated rings. The highest BCUT2D eigenvalue weighted by Crippen LogP contribution is 2.17. The zero-order valence-electron chi connectivity index (χ0n) is 11.3. The van der Waals surface area contributed by atoms with Crippen LogP contribution in [0.5, 0.6) is 0 Å². The molecular weight excluding hydrogens is 214 g/mol. The zero-order valence-corrected chi connectivity index (χ0v) is 11.3. The van der Waals surface area contributed by atoms with Gasteiger partial charge in [0.05, 0.1) is 0 Å². The Labute approximate surface area is 103 Å². The third kappa shape index (κ3) is 4.99. The molecule has 0 amide bonds. The highest BCUT2D eigenvalue weighted by molar-refractivity contribution is 5.48. The van der Waals surface area contributed by atoms with Gasteiger partial charge >= 0.3 is 0 Å². The van der Waals surface area contributed by atoms with Gasteiger partial charge in [-0.3, -0.25) is 0 Å². The molecule has 1 aromatic heterocycles. The molecule has 5 nitrogen and oxygen atoms in total. The highest BCUT2D eigenvalue weighted by Gasteiger charge is 2.16. The highest BCUT2D eigenvalue weighted by atomic mass is 15.1. The Kier molecular flexibility index (Phi) is 3.93. The van der Waals surface area contributed by atoms with Crippen LogP contribution in [0.4, 0.5) is 11.6 Å². The number of aromatic nitrogens is 2. The average Bonchev–Trinajstić information content (AvgIpc) is 2.14. The van der Waals surface area contributed by atoms with E-state index < -0.39 is 0 Å². The van der Waals surface area contributed by atoms with Gasteiger partial charge in [-0.2, -0.15) is 0 Å². The van der Waals surface area contributed by atoms with Crippen LogP contribution in [0.15, 0.2) is 12.4 Å². The molecule has 17 heavy (non-hydrogen) atoms. The second kappa shape index (κ2) is 4.87. The molecular formula is C12H23N5. The van der Waals surface area contributed by atoms with Crippen LogP contribution >= 0.6 is 0 Å². The fourth-order valence-electron chi connectivity index (χ4n) is 1.28. The Morgan fingerprint density at radius 3 is 2.06 bits per heavy atom. The molecule has 0 aromatic carbocycles. The molecule has 4 N–H and O–H groups in total. The summed E-state index contributed by atoms with van der Waals surface area (Å²) in [7, 11) is 0. The summed E-state index contributed by atoms with van der Waals surface area (Å²) in [5.74, 6) is 1.59. The van der Waals surface area contributed by atoms with Gasteiger partial charge in [-0.25, -0.2) is 9.97 Å². The monoisotopic (exact) mass is 237 g/mol. The zero-order chi connectivity index (χ0) is 13.1. The largest absolute Gasteiger partial charge is 0.365 e. The minimum atomic E-state index is -0.173. The van der Waals surface area contributed by atoms with Gasteiger partial charge in [-0.1, -0.05) is 0 Å². The second-order valence-corrected chi connectivity index (χ2v) is 5.88. The summed E-state index contributed by atoms with van der Waals surface area (Å²) in [4.78, 5) is 8.37. The van der Waals surface area contributed by atoms with Gasteiger partial charge in [-0.15, -0.1) is 0 Å². The Hall–Kier alpha value is -1.36. The van der Waals surface area contributed by atoms with Gasteiger partial charge in [0.2, 0.25) is 0 Å². The quantitative estimate of drug-likeness (QED) is 0.745. The Morgan fingerprint density at radius 2 is 1.59 bits per heavy atom. The van der Waals surface area contributed by atoms with E-state index in [2.05, 4.69) is 41.4 Å². The Balaban J connectivity index is 2.80. The lowest BCUT2D eigenvalue weighted by atomic mass is 10.1. The van der Waals surface area contributed by atoms with Crippen LogP contribution in [0.2, 0.25) is 0 Å². The topological polar surface area (TPSA) is 75.9 Å². The minimum Gasteiger partial charge on any atom is -0.365 e. The lowest BCUT2D eigenvalue weighted by Gasteiger charge is -2.26. The van der Waals surface area contributed by atoms with E-state index in [-0.39, 0.29) is 11.1 Å². The van der Waals surface area contributed by atoms with Crippen molar-refractivity contribution in [3.05, 3.63) is 12.4 Å². The first-order valence-electron chi connectivity index (χ1n) is 5.80. The molecule has 0 bridgehead atoms. The van der Waals surface area contributed by atoms with Gasteiger partial charge in [0.1, 0.15) is 18.0 Å². The standard InChI is InChI=1S/C12H23N5/c1-11(2,3)16-9-6-10(15-8-14-9)17-12(4,5)7-13/h6,8H,7,13H2,1-5H3,(H2,14,15,16,17). The van der Waals surface area contributed by atoms with Crippen molar-refractivity contribution in [2.75, 3.05) is 17.2 Å². The van der Waals surface area contributed by atoms with Crippen LogP contribution in [-0.2, 0) is 0 Å². The van der Waals surface area contributed by atoms with Gasteiger partial charge in [0.15, 0.2) is 0 Å². The number of hydrogen-bond donors (Lipinski definition) is 3. The number of hydrogen-bond acceptors (Lipinski definition) is 5. The van der Waals surface area contributed by atoms with Crippen molar-refractivity contribution in [1.29, 1.82) is 0 Å². The lowest BCUT2D eigenvalue weighted by molar-refractivity contribution is 0.577. The van der Waals surface area contributed by atoms with Gasteiger partial charge in [0.25, 0.3) is 0 Å². The first-order chi connectivity index (χ1) is 7.72. The molecule has 0 saturated carbocycles. The molecule has 1 heterocycles. The van der Waals surface area contributed by atoms with Crippen LogP contribution in [0, 0.1) is 0 Å². The fraction of sp³-hybridized carbons (Fsp3) is 0.667. The molecule has 0 aliphatic carbocycles. The smallest absolute Gasteiger partial charge is 0.131 e. The van der Waals surface area contributed by atoms with Crippen molar-refractivity contribution in [2.24, 2.45) is 5.73 Å². The third-order valence-electron chi connectivity index (χ3n) is 2.15. The van der Waals surface area contributed by atoms with E-state index in [1.807, 2.05) is 19.9 Å². The minimum absolute atomic E-state index is 0.0188. The molecule has 0 spiro atoms. The van der Waals surface area contributed by atoms with Crippen molar-refractivity contribution in [3.63, 3.8) is 0 Å². The molecule has 0 saturated heterocycles. The van der Waals surface area contributed by atoms with E-state index in [1.54, 1.807) is 6.33 Å². The summed E-state index contributed by atoms with van der Waals surface area (Å²) < 4.78 is 0.